The van der Waals surface area contributed by atoms with Crippen LogP contribution in [0.5, 0.6) is 0 Å². The molecular formula is C10H16N2. The van der Waals surface area contributed by atoms with Gasteiger partial charge in [-0.25, -0.2) is 9.98 Å². The molecule has 0 saturated heterocycles. The molecule has 0 atom stereocenters. The van der Waals surface area contributed by atoms with Crippen molar-refractivity contribution in [2.75, 3.05) is 0 Å². The van der Waals surface area contributed by atoms with E-state index in [9.17, 15) is 0 Å². The molecular weight excluding hydrogens is 148 g/mol. The topological polar surface area (TPSA) is 24.7 Å². The Morgan fingerprint density at radius 2 is 1.25 bits per heavy atom. The first kappa shape index (κ1) is 9.17. The van der Waals surface area contributed by atoms with Crippen molar-refractivity contribution in [1.82, 2.24) is 0 Å². The smallest absolute Gasteiger partial charge is 0.145 e. The number of hydrogen-bond acceptors (Lipinski definition) is 2. The first-order chi connectivity index (χ1) is 5.52. The van der Waals surface area contributed by atoms with Crippen LogP contribution in [0.25, 0.3) is 0 Å². The number of nitrogens with zero attached hydrogens (tertiary/aromatic N) is 2. The monoisotopic (exact) mass is 164 g/mol. The Labute approximate surface area is 74.1 Å². The molecule has 1 heterocycles. The molecule has 1 rings (SSSR count). The zero-order valence-electron chi connectivity index (χ0n) is 8.26. The SMILES string of the molecule is C=C1N=C(C(C)C)C(C(C)C)=N1. The average molecular weight is 164 g/mol. The Kier molecular flexibility index (Phi) is 2.46. The molecule has 0 fully saturated rings. The lowest BCUT2D eigenvalue weighted by Gasteiger charge is -2.10. The summed E-state index contributed by atoms with van der Waals surface area (Å²) in [6.45, 7) is 12.3. The van der Waals surface area contributed by atoms with Gasteiger partial charge in [-0.1, -0.05) is 34.3 Å². The summed E-state index contributed by atoms with van der Waals surface area (Å²) in [7, 11) is 0. The molecule has 0 aromatic carbocycles. The summed E-state index contributed by atoms with van der Waals surface area (Å²) >= 11 is 0. The van der Waals surface area contributed by atoms with Crippen LogP contribution in [0.4, 0.5) is 0 Å². The minimum absolute atomic E-state index is 0.449. The Morgan fingerprint density at radius 1 is 0.917 bits per heavy atom. The third-order valence-electron chi connectivity index (χ3n) is 1.86. The average Bonchev–Trinajstić information content (AvgIpc) is 2.31. The fourth-order valence-electron chi connectivity index (χ4n) is 1.27. The lowest BCUT2D eigenvalue weighted by atomic mass is 9.96. The van der Waals surface area contributed by atoms with Crippen LogP contribution < -0.4 is 0 Å². The van der Waals surface area contributed by atoms with Crippen molar-refractivity contribution in [3.05, 3.63) is 12.4 Å². The zero-order valence-corrected chi connectivity index (χ0v) is 8.26. The van der Waals surface area contributed by atoms with Crippen LogP contribution in [-0.4, -0.2) is 11.4 Å². The number of aliphatic imine (C=N–C) groups is 2. The minimum Gasteiger partial charge on any atom is -0.232 e. The van der Waals surface area contributed by atoms with Crippen LogP contribution in [-0.2, 0) is 0 Å². The molecule has 0 amide bonds. The second kappa shape index (κ2) is 3.21. The van der Waals surface area contributed by atoms with Gasteiger partial charge >= 0.3 is 0 Å². The standard InChI is InChI=1S/C10H16N2/c1-6(2)9-10(7(3)4)12-8(5)11-9/h6-7H,5H2,1-4H3. The van der Waals surface area contributed by atoms with Gasteiger partial charge in [-0.05, 0) is 11.8 Å². The predicted molar refractivity (Wildman–Crippen MR) is 53.7 cm³/mol. The maximum atomic E-state index is 4.31. The van der Waals surface area contributed by atoms with Crippen LogP contribution in [0.2, 0.25) is 0 Å². The molecule has 0 spiro atoms. The van der Waals surface area contributed by atoms with E-state index in [4.69, 9.17) is 0 Å². The van der Waals surface area contributed by atoms with E-state index in [2.05, 4.69) is 44.3 Å². The first-order valence-corrected chi connectivity index (χ1v) is 4.38. The van der Waals surface area contributed by atoms with Gasteiger partial charge in [-0.2, -0.15) is 0 Å². The molecule has 2 heteroatoms. The van der Waals surface area contributed by atoms with Crippen LogP contribution in [0.1, 0.15) is 27.7 Å². The Hall–Kier alpha value is -0.920. The van der Waals surface area contributed by atoms with E-state index in [-0.39, 0.29) is 0 Å². The van der Waals surface area contributed by atoms with Gasteiger partial charge in [0.25, 0.3) is 0 Å². The Morgan fingerprint density at radius 3 is 1.50 bits per heavy atom. The summed E-state index contributed by atoms with van der Waals surface area (Å²) in [5, 5.41) is 0. The third-order valence-corrected chi connectivity index (χ3v) is 1.86. The number of rotatable bonds is 2. The molecule has 0 radical (unpaired) electrons. The van der Waals surface area contributed by atoms with Crippen LogP contribution in [0, 0.1) is 11.8 Å². The molecule has 0 bridgehead atoms. The highest BCUT2D eigenvalue weighted by Crippen LogP contribution is 2.17. The fraction of sp³-hybridized carbons (Fsp3) is 0.600. The highest BCUT2D eigenvalue weighted by molar-refractivity contribution is 6.45. The predicted octanol–water partition coefficient (Wildman–Crippen LogP) is 2.67. The van der Waals surface area contributed by atoms with E-state index >= 15 is 0 Å². The summed E-state index contributed by atoms with van der Waals surface area (Å²) in [4.78, 5) is 8.62. The van der Waals surface area contributed by atoms with Gasteiger partial charge in [-0.15, -0.1) is 0 Å². The van der Waals surface area contributed by atoms with Crippen LogP contribution in [0.3, 0.4) is 0 Å². The summed E-state index contributed by atoms with van der Waals surface area (Å²) in [5.74, 6) is 1.55. The molecule has 0 N–H and O–H groups in total. The largest absolute Gasteiger partial charge is 0.232 e. The molecule has 2 nitrogen and oxygen atoms in total. The van der Waals surface area contributed by atoms with Crippen molar-refractivity contribution in [3.8, 4) is 0 Å². The van der Waals surface area contributed by atoms with Gasteiger partial charge in [0, 0.05) is 0 Å². The zero-order chi connectivity index (χ0) is 9.30. The summed E-state index contributed by atoms with van der Waals surface area (Å²) in [5.41, 5.74) is 2.21. The van der Waals surface area contributed by atoms with E-state index in [1.54, 1.807) is 0 Å². The molecule has 1 aliphatic heterocycles. The van der Waals surface area contributed by atoms with Crippen LogP contribution in [0.15, 0.2) is 22.4 Å². The lowest BCUT2D eigenvalue weighted by Crippen LogP contribution is -2.22. The van der Waals surface area contributed by atoms with E-state index in [0.717, 1.165) is 11.4 Å². The maximum Gasteiger partial charge on any atom is 0.145 e. The van der Waals surface area contributed by atoms with Gasteiger partial charge in [0.2, 0.25) is 0 Å². The highest BCUT2D eigenvalue weighted by atomic mass is 15.0. The molecule has 1 aliphatic rings. The minimum atomic E-state index is 0.449. The second-order valence-corrected chi connectivity index (χ2v) is 3.72. The van der Waals surface area contributed by atoms with E-state index in [0.29, 0.717) is 17.7 Å². The van der Waals surface area contributed by atoms with Crippen molar-refractivity contribution in [3.63, 3.8) is 0 Å². The summed E-state index contributed by atoms with van der Waals surface area (Å²) < 4.78 is 0. The molecule has 12 heavy (non-hydrogen) atoms. The number of hydrogen-bond donors (Lipinski definition) is 0. The first-order valence-electron chi connectivity index (χ1n) is 4.38. The second-order valence-electron chi connectivity index (χ2n) is 3.72. The molecule has 0 aromatic heterocycles. The maximum absolute atomic E-state index is 4.31. The van der Waals surface area contributed by atoms with Gasteiger partial charge in [0.15, 0.2) is 0 Å². The van der Waals surface area contributed by atoms with E-state index < -0.39 is 0 Å². The molecule has 0 aliphatic carbocycles. The normalized spacial score (nSPS) is 17.3. The third kappa shape index (κ3) is 1.63. The molecule has 0 unspecified atom stereocenters. The fourth-order valence-corrected chi connectivity index (χ4v) is 1.27. The molecule has 66 valence electrons. The van der Waals surface area contributed by atoms with Crippen molar-refractivity contribution < 1.29 is 0 Å². The van der Waals surface area contributed by atoms with Crippen molar-refractivity contribution in [2.24, 2.45) is 21.8 Å². The highest BCUT2D eigenvalue weighted by Gasteiger charge is 2.21. The molecule has 0 aromatic rings. The van der Waals surface area contributed by atoms with Crippen molar-refractivity contribution in [1.29, 1.82) is 0 Å². The summed E-state index contributed by atoms with van der Waals surface area (Å²) in [6, 6.07) is 0. The van der Waals surface area contributed by atoms with Gasteiger partial charge in [0.05, 0.1) is 11.4 Å². The van der Waals surface area contributed by atoms with Crippen molar-refractivity contribution in [2.45, 2.75) is 27.7 Å². The lowest BCUT2D eigenvalue weighted by molar-refractivity contribution is 0.862. The van der Waals surface area contributed by atoms with Crippen LogP contribution >= 0.6 is 0 Å². The van der Waals surface area contributed by atoms with Gasteiger partial charge < -0.3 is 0 Å². The Bertz CT molecular complexity index is 231. The quantitative estimate of drug-likeness (QED) is 0.599. The van der Waals surface area contributed by atoms with Gasteiger partial charge in [0.1, 0.15) is 5.82 Å². The van der Waals surface area contributed by atoms with Gasteiger partial charge in [-0.3, -0.25) is 0 Å². The van der Waals surface area contributed by atoms with E-state index in [1.165, 1.54) is 0 Å². The van der Waals surface area contributed by atoms with Crippen molar-refractivity contribution >= 4 is 11.4 Å². The Balaban J connectivity index is 2.95. The molecule has 0 saturated carbocycles. The van der Waals surface area contributed by atoms with E-state index in [1.807, 2.05) is 0 Å². The summed E-state index contributed by atoms with van der Waals surface area (Å²) in [6.07, 6.45) is 0.